The lowest BCUT2D eigenvalue weighted by Gasteiger charge is -2.09. The Morgan fingerprint density at radius 3 is 2.74 bits per heavy atom. The van der Waals surface area contributed by atoms with Gasteiger partial charge in [-0.1, -0.05) is 54.2 Å². The molecule has 1 aliphatic rings. The van der Waals surface area contributed by atoms with Crippen LogP contribution in [0.4, 0.5) is 5.69 Å². The molecule has 0 saturated heterocycles. The number of hydrogen-bond acceptors (Lipinski definition) is 3. The van der Waals surface area contributed by atoms with Gasteiger partial charge in [0, 0.05) is 5.69 Å². The number of hydrogen-bond donors (Lipinski definition) is 1. The molecule has 0 amide bonds. The molecule has 19 heavy (non-hydrogen) atoms. The average molecular weight is 268 g/mol. The molecule has 1 unspecified atom stereocenters. The molecule has 3 heteroatoms. The fourth-order valence-corrected chi connectivity index (χ4v) is 3.17. The molecule has 0 fully saturated rings. The summed E-state index contributed by atoms with van der Waals surface area (Å²) in [6.45, 7) is 2.95. The van der Waals surface area contributed by atoms with Gasteiger partial charge in [0.2, 0.25) is 0 Å². The van der Waals surface area contributed by atoms with Crippen LogP contribution in [0.2, 0.25) is 0 Å². The van der Waals surface area contributed by atoms with E-state index in [9.17, 15) is 0 Å². The molecular weight excluding hydrogens is 252 g/mol. The van der Waals surface area contributed by atoms with Crippen LogP contribution in [0.3, 0.4) is 0 Å². The van der Waals surface area contributed by atoms with Crippen LogP contribution < -0.4 is 5.32 Å². The first-order valence-electron chi connectivity index (χ1n) is 6.41. The van der Waals surface area contributed by atoms with Crippen LogP contribution in [0.25, 0.3) is 0 Å². The van der Waals surface area contributed by atoms with Crippen molar-refractivity contribution >= 4 is 22.6 Å². The summed E-state index contributed by atoms with van der Waals surface area (Å²) >= 11 is 1.80. The molecule has 1 atom stereocenters. The summed E-state index contributed by atoms with van der Waals surface area (Å²) in [4.78, 5) is 4.59. The smallest absolute Gasteiger partial charge is 0.161 e. The molecule has 0 aliphatic carbocycles. The molecule has 1 aliphatic heterocycles. The van der Waals surface area contributed by atoms with Crippen molar-refractivity contribution in [3.8, 4) is 0 Å². The molecule has 0 saturated carbocycles. The minimum Gasteiger partial charge on any atom is -0.335 e. The maximum Gasteiger partial charge on any atom is 0.161 e. The second kappa shape index (κ2) is 5.49. The Balaban J connectivity index is 1.66. The highest BCUT2D eigenvalue weighted by Crippen LogP contribution is 2.35. The van der Waals surface area contributed by atoms with Gasteiger partial charge in [-0.05, 0) is 30.2 Å². The highest BCUT2D eigenvalue weighted by Gasteiger charge is 2.21. The van der Waals surface area contributed by atoms with Crippen molar-refractivity contribution in [1.29, 1.82) is 0 Å². The van der Waals surface area contributed by atoms with E-state index in [-0.39, 0.29) is 0 Å². The van der Waals surface area contributed by atoms with E-state index in [1.165, 1.54) is 11.1 Å². The highest BCUT2D eigenvalue weighted by atomic mass is 32.2. The molecule has 0 aromatic heterocycles. The molecule has 96 valence electrons. The fraction of sp³-hybridized carbons (Fsp3) is 0.188. The third-order valence-electron chi connectivity index (χ3n) is 3.10. The number of aliphatic imine (C=N–C) groups is 1. The van der Waals surface area contributed by atoms with Crippen LogP contribution in [0.15, 0.2) is 59.6 Å². The first kappa shape index (κ1) is 12.3. The Morgan fingerprint density at radius 2 is 1.95 bits per heavy atom. The Hall–Kier alpha value is -1.74. The van der Waals surface area contributed by atoms with Gasteiger partial charge in [0.15, 0.2) is 5.17 Å². The molecule has 2 nitrogen and oxygen atoms in total. The lowest BCUT2D eigenvalue weighted by molar-refractivity contribution is 0.966. The fourth-order valence-electron chi connectivity index (χ4n) is 2.13. The van der Waals surface area contributed by atoms with Gasteiger partial charge >= 0.3 is 0 Å². The number of nitrogens with one attached hydrogen (secondary N) is 1. The summed E-state index contributed by atoms with van der Waals surface area (Å²) in [6, 6.07) is 18.9. The van der Waals surface area contributed by atoms with E-state index in [1.54, 1.807) is 11.8 Å². The van der Waals surface area contributed by atoms with Crippen LogP contribution in [0, 0.1) is 6.92 Å². The molecule has 0 bridgehead atoms. The predicted molar refractivity (Wildman–Crippen MR) is 83.9 cm³/mol. The maximum absolute atomic E-state index is 4.59. The monoisotopic (exact) mass is 268 g/mol. The van der Waals surface area contributed by atoms with E-state index in [1.807, 2.05) is 0 Å². The Bertz CT molecular complexity index is 593. The minimum atomic E-state index is 0.438. The van der Waals surface area contributed by atoms with Gasteiger partial charge in [-0.25, -0.2) is 0 Å². The summed E-state index contributed by atoms with van der Waals surface area (Å²) in [5.41, 5.74) is 3.71. The van der Waals surface area contributed by atoms with Gasteiger partial charge < -0.3 is 5.32 Å². The number of amidine groups is 1. The summed E-state index contributed by atoms with van der Waals surface area (Å²) in [5, 5.41) is 4.85. The normalized spacial score (nSPS) is 18.2. The predicted octanol–water partition coefficient (Wildman–Crippen LogP) is 4.25. The Morgan fingerprint density at radius 1 is 1.11 bits per heavy atom. The van der Waals surface area contributed by atoms with E-state index in [0.29, 0.717) is 5.25 Å². The SMILES string of the molecule is Cc1cccc(NC2=NCC(c3ccccc3)S2)c1. The third kappa shape index (κ3) is 2.99. The zero-order valence-electron chi connectivity index (χ0n) is 10.8. The Kier molecular flexibility index (Phi) is 3.56. The second-order valence-electron chi connectivity index (χ2n) is 4.66. The number of thioether (sulfide) groups is 1. The second-order valence-corrected chi connectivity index (χ2v) is 5.85. The lowest BCUT2D eigenvalue weighted by atomic mass is 10.1. The lowest BCUT2D eigenvalue weighted by Crippen LogP contribution is -2.05. The quantitative estimate of drug-likeness (QED) is 0.880. The number of aryl methyl sites for hydroxylation is 1. The van der Waals surface area contributed by atoms with Gasteiger partial charge in [0.25, 0.3) is 0 Å². The summed E-state index contributed by atoms with van der Waals surface area (Å²) < 4.78 is 0. The first-order valence-corrected chi connectivity index (χ1v) is 7.29. The summed E-state index contributed by atoms with van der Waals surface area (Å²) in [6.07, 6.45) is 0. The van der Waals surface area contributed by atoms with Crippen molar-refractivity contribution in [2.45, 2.75) is 12.2 Å². The highest BCUT2D eigenvalue weighted by molar-refractivity contribution is 8.14. The van der Waals surface area contributed by atoms with E-state index in [2.05, 4.69) is 71.8 Å². The molecule has 1 N–H and O–H groups in total. The van der Waals surface area contributed by atoms with E-state index in [0.717, 1.165) is 17.4 Å². The van der Waals surface area contributed by atoms with Crippen LogP contribution in [0.5, 0.6) is 0 Å². The van der Waals surface area contributed by atoms with Crippen molar-refractivity contribution < 1.29 is 0 Å². The molecule has 3 rings (SSSR count). The molecule has 0 spiro atoms. The zero-order valence-corrected chi connectivity index (χ0v) is 11.7. The average Bonchev–Trinajstić information content (AvgIpc) is 2.88. The van der Waals surface area contributed by atoms with Crippen LogP contribution >= 0.6 is 11.8 Å². The topological polar surface area (TPSA) is 24.4 Å². The van der Waals surface area contributed by atoms with Crippen LogP contribution in [-0.2, 0) is 0 Å². The van der Waals surface area contributed by atoms with Gasteiger partial charge in [-0.15, -0.1) is 0 Å². The summed E-state index contributed by atoms with van der Waals surface area (Å²) in [7, 11) is 0. The number of nitrogens with zero attached hydrogens (tertiary/aromatic N) is 1. The largest absolute Gasteiger partial charge is 0.335 e. The van der Waals surface area contributed by atoms with Crippen molar-refractivity contribution in [2.24, 2.45) is 4.99 Å². The van der Waals surface area contributed by atoms with Crippen molar-refractivity contribution in [3.63, 3.8) is 0 Å². The molecular formula is C16H16N2S. The van der Waals surface area contributed by atoms with Gasteiger partial charge in [0.05, 0.1) is 11.8 Å². The van der Waals surface area contributed by atoms with E-state index >= 15 is 0 Å². The van der Waals surface area contributed by atoms with Crippen molar-refractivity contribution in [3.05, 3.63) is 65.7 Å². The van der Waals surface area contributed by atoms with Crippen LogP contribution in [-0.4, -0.2) is 11.7 Å². The molecule has 0 radical (unpaired) electrons. The third-order valence-corrected chi connectivity index (χ3v) is 4.26. The van der Waals surface area contributed by atoms with E-state index < -0.39 is 0 Å². The van der Waals surface area contributed by atoms with Gasteiger partial charge in [-0.3, -0.25) is 4.99 Å². The van der Waals surface area contributed by atoms with Crippen LogP contribution in [0.1, 0.15) is 16.4 Å². The minimum absolute atomic E-state index is 0.438. The zero-order chi connectivity index (χ0) is 13.1. The number of benzene rings is 2. The van der Waals surface area contributed by atoms with Gasteiger partial charge in [-0.2, -0.15) is 0 Å². The molecule has 2 aromatic rings. The van der Waals surface area contributed by atoms with E-state index in [4.69, 9.17) is 0 Å². The number of anilines is 1. The van der Waals surface area contributed by atoms with Gasteiger partial charge in [0.1, 0.15) is 0 Å². The molecule has 2 aromatic carbocycles. The summed E-state index contributed by atoms with van der Waals surface area (Å²) in [5.74, 6) is 0. The Labute approximate surface area is 118 Å². The first-order chi connectivity index (χ1) is 9.31. The number of rotatable bonds is 2. The van der Waals surface area contributed by atoms with Crippen molar-refractivity contribution in [1.82, 2.24) is 0 Å². The van der Waals surface area contributed by atoms with Crippen molar-refractivity contribution in [2.75, 3.05) is 11.9 Å². The maximum atomic E-state index is 4.59. The standard InChI is InChI=1S/C16H16N2S/c1-12-6-5-9-14(10-12)18-16-17-11-15(19-16)13-7-3-2-4-8-13/h2-10,15H,11H2,1H3,(H,17,18). The molecule has 1 heterocycles.